The number of nitriles is 1. The normalized spacial score (nSPS) is 15.4. The fraction of sp³-hybridized carbons (Fsp3) is 0.435. The average Bonchev–Trinajstić information content (AvgIpc) is 2.84. The monoisotopic (exact) mass is 449 g/mol. The van der Waals surface area contributed by atoms with Crippen LogP contribution in [0.1, 0.15) is 24.6 Å². The van der Waals surface area contributed by atoms with Gasteiger partial charge in [-0.05, 0) is 37.6 Å². The van der Waals surface area contributed by atoms with Gasteiger partial charge >= 0.3 is 6.03 Å². The van der Waals surface area contributed by atoms with Crippen molar-refractivity contribution in [2.75, 3.05) is 49.6 Å². The van der Waals surface area contributed by atoms with E-state index in [-0.39, 0.29) is 18.4 Å². The Hall–Kier alpha value is -3.71. The molecule has 2 N–H and O–H groups in total. The first-order chi connectivity index (χ1) is 16.1. The molecule has 3 amide bonds. The maximum Gasteiger partial charge on any atom is 0.319 e. The Morgan fingerprint density at radius 1 is 1.15 bits per heavy atom. The highest BCUT2D eigenvalue weighted by Crippen LogP contribution is 2.30. The fourth-order valence-electron chi connectivity index (χ4n) is 4.01. The van der Waals surface area contributed by atoms with E-state index in [0.717, 1.165) is 35.7 Å². The van der Waals surface area contributed by atoms with Crippen LogP contribution in [0.25, 0.3) is 11.4 Å². The average molecular weight is 450 g/mol. The molecular formula is C23H27N7O3. The van der Waals surface area contributed by atoms with E-state index < -0.39 is 0 Å². The predicted molar refractivity (Wildman–Crippen MR) is 123 cm³/mol. The van der Waals surface area contributed by atoms with Gasteiger partial charge in [-0.25, -0.2) is 14.8 Å². The van der Waals surface area contributed by atoms with Gasteiger partial charge in [0.25, 0.3) is 0 Å². The molecule has 1 fully saturated rings. The summed E-state index contributed by atoms with van der Waals surface area (Å²) in [4.78, 5) is 37.7. The van der Waals surface area contributed by atoms with Gasteiger partial charge in [-0.1, -0.05) is 0 Å². The molecule has 10 heteroatoms. The summed E-state index contributed by atoms with van der Waals surface area (Å²) in [5.74, 6) is 1.27. The first kappa shape index (κ1) is 22.5. The number of benzene rings is 1. The van der Waals surface area contributed by atoms with E-state index in [1.54, 1.807) is 4.90 Å². The van der Waals surface area contributed by atoms with E-state index in [2.05, 4.69) is 15.5 Å². The lowest BCUT2D eigenvalue weighted by Crippen LogP contribution is -2.40. The molecule has 0 atom stereocenters. The summed E-state index contributed by atoms with van der Waals surface area (Å²) in [7, 11) is 0. The van der Waals surface area contributed by atoms with Crippen LogP contribution in [0, 0.1) is 11.3 Å². The van der Waals surface area contributed by atoms with E-state index >= 15 is 0 Å². The Morgan fingerprint density at radius 2 is 1.91 bits per heavy atom. The number of urea groups is 1. The number of amides is 3. The fourth-order valence-corrected chi connectivity index (χ4v) is 4.01. The lowest BCUT2D eigenvalue weighted by Gasteiger charge is -2.34. The number of aromatic nitrogens is 2. The number of nitrogens with one attached hydrogen (secondary N) is 2. The van der Waals surface area contributed by atoms with Gasteiger partial charge in [-0.2, -0.15) is 5.26 Å². The van der Waals surface area contributed by atoms with Crippen molar-refractivity contribution in [2.45, 2.75) is 26.3 Å². The minimum atomic E-state index is -0.257. The van der Waals surface area contributed by atoms with E-state index in [1.165, 1.54) is 0 Å². The number of rotatable bonds is 5. The number of carbonyl (C=O) groups is 2. The Balaban J connectivity index is 1.65. The summed E-state index contributed by atoms with van der Waals surface area (Å²) in [6, 6.07) is 9.04. The molecule has 2 aliphatic rings. The van der Waals surface area contributed by atoms with E-state index in [4.69, 9.17) is 20.0 Å². The molecule has 2 aromatic rings. The van der Waals surface area contributed by atoms with E-state index in [0.29, 0.717) is 50.8 Å². The number of ether oxygens (including phenoxy) is 1. The third kappa shape index (κ3) is 5.21. The van der Waals surface area contributed by atoms with Crippen LogP contribution in [0.5, 0.6) is 0 Å². The standard InChI is InChI=1S/C23H27N7O3/c1-2-25-23(32)26-17-5-3-16(4-6-17)21-27-19-15-30(20(31)7-9-24)10-8-18(19)22(28-21)29-11-13-33-14-12-29/h3-6H,2,7-8,10-15H2,1H3,(H2,25,26,32). The molecule has 10 nitrogen and oxygen atoms in total. The second kappa shape index (κ2) is 10.3. The minimum Gasteiger partial charge on any atom is -0.378 e. The van der Waals surface area contributed by atoms with Gasteiger partial charge < -0.3 is 25.2 Å². The Kier molecular flexibility index (Phi) is 7.00. The smallest absolute Gasteiger partial charge is 0.319 e. The number of fused-ring (bicyclic) bond motifs is 1. The first-order valence-corrected chi connectivity index (χ1v) is 11.1. The van der Waals surface area contributed by atoms with Crippen molar-refractivity contribution in [1.82, 2.24) is 20.2 Å². The summed E-state index contributed by atoms with van der Waals surface area (Å²) in [6.07, 6.45) is 0.512. The maximum atomic E-state index is 12.3. The van der Waals surface area contributed by atoms with Gasteiger partial charge in [0.05, 0.1) is 31.5 Å². The summed E-state index contributed by atoms with van der Waals surface area (Å²) in [5.41, 5.74) is 3.35. The molecule has 33 heavy (non-hydrogen) atoms. The maximum absolute atomic E-state index is 12.3. The molecule has 3 heterocycles. The summed E-state index contributed by atoms with van der Waals surface area (Å²) in [6.45, 7) is 6.09. The second-order valence-electron chi connectivity index (χ2n) is 7.86. The minimum absolute atomic E-state index is 0.135. The number of hydrogen-bond acceptors (Lipinski definition) is 7. The molecule has 0 radical (unpaired) electrons. The molecule has 1 aromatic carbocycles. The molecular weight excluding hydrogens is 422 g/mol. The third-order valence-electron chi connectivity index (χ3n) is 5.68. The Morgan fingerprint density at radius 3 is 2.61 bits per heavy atom. The first-order valence-electron chi connectivity index (χ1n) is 11.1. The van der Waals surface area contributed by atoms with Crippen LogP contribution in [0.15, 0.2) is 24.3 Å². The number of anilines is 2. The second-order valence-corrected chi connectivity index (χ2v) is 7.86. The zero-order valence-corrected chi connectivity index (χ0v) is 18.6. The molecule has 0 saturated carbocycles. The lowest BCUT2D eigenvalue weighted by molar-refractivity contribution is -0.131. The van der Waals surface area contributed by atoms with Gasteiger partial charge in [0.1, 0.15) is 12.2 Å². The number of hydrogen-bond donors (Lipinski definition) is 2. The van der Waals surface area contributed by atoms with Crippen LogP contribution in [-0.4, -0.2) is 66.2 Å². The Bertz CT molecular complexity index is 1060. The Labute approximate surface area is 192 Å². The van der Waals surface area contributed by atoms with Crippen molar-refractivity contribution >= 4 is 23.4 Å². The predicted octanol–water partition coefficient (Wildman–Crippen LogP) is 1.92. The zero-order valence-electron chi connectivity index (χ0n) is 18.6. The summed E-state index contributed by atoms with van der Waals surface area (Å²) >= 11 is 0. The highest BCUT2D eigenvalue weighted by atomic mass is 16.5. The van der Waals surface area contributed by atoms with Gasteiger partial charge in [0, 0.05) is 43.0 Å². The SMILES string of the molecule is CCNC(=O)Nc1ccc(-c2nc3c(c(N4CCOCC4)n2)CCN(C(=O)CC#N)C3)cc1. The summed E-state index contributed by atoms with van der Waals surface area (Å²) in [5, 5.41) is 14.4. The number of nitrogens with zero attached hydrogens (tertiary/aromatic N) is 5. The van der Waals surface area contributed by atoms with E-state index in [1.807, 2.05) is 37.3 Å². The van der Waals surface area contributed by atoms with Crippen molar-refractivity contribution in [3.63, 3.8) is 0 Å². The van der Waals surface area contributed by atoms with E-state index in [9.17, 15) is 9.59 Å². The van der Waals surface area contributed by atoms with Crippen molar-refractivity contribution < 1.29 is 14.3 Å². The summed E-state index contributed by atoms with van der Waals surface area (Å²) < 4.78 is 5.51. The van der Waals surface area contributed by atoms with Crippen LogP contribution >= 0.6 is 0 Å². The van der Waals surface area contributed by atoms with Gasteiger partial charge in [0.15, 0.2) is 5.82 Å². The third-order valence-corrected chi connectivity index (χ3v) is 5.68. The van der Waals surface area contributed by atoms with Gasteiger partial charge in [-0.3, -0.25) is 4.79 Å². The molecule has 1 aromatic heterocycles. The van der Waals surface area contributed by atoms with Gasteiger partial charge in [0.2, 0.25) is 5.91 Å². The van der Waals surface area contributed by atoms with Crippen molar-refractivity contribution in [1.29, 1.82) is 5.26 Å². The molecule has 0 bridgehead atoms. The van der Waals surface area contributed by atoms with Crippen LogP contribution in [0.4, 0.5) is 16.3 Å². The van der Waals surface area contributed by atoms with Crippen molar-refractivity contribution in [3.8, 4) is 17.5 Å². The number of morpholine rings is 1. The highest BCUT2D eigenvalue weighted by molar-refractivity contribution is 5.89. The van der Waals surface area contributed by atoms with Crippen molar-refractivity contribution in [2.24, 2.45) is 0 Å². The molecule has 0 spiro atoms. The highest BCUT2D eigenvalue weighted by Gasteiger charge is 2.28. The van der Waals surface area contributed by atoms with Crippen LogP contribution in [-0.2, 0) is 22.5 Å². The van der Waals surface area contributed by atoms with Gasteiger partial charge in [-0.15, -0.1) is 0 Å². The van der Waals surface area contributed by atoms with Crippen LogP contribution < -0.4 is 15.5 Å². The number of carbonyl (C=O) groups excluding carboxylic acids is 2. The molecule has 2 aliphatic heterocycles. The molecule has 0 unspecified atom stereocenters. The largest absolute Gasteiger partial charge is 0.378 e. The molecule has 0 aliphatic carbocycles. The van der Waals surface area contributed by atoms with Crippen LogP contribution in [0.3, 0.4) is 0 Å². The van der Waals surface area contributed by atoms with Crippen molar-refractivity contribution in [3.05, 3.63) is 35.5 Å². The molecule has 4 rings (SSSR count). The lowest BCUT2D eigenvalue weighted by atomic mass is 10.0. The topological polar surface area (TPSA) is 123 Å². The molecule has 172 valence electrons. The zero-order chi connectivity index (χ0) is 23.2. The van der Waals surface area contributed by atoms with Crippen LogP contribution in [0.2, 0.25) is 0 Å². The quantitative estimate of drug-likeness (QED) is 0.715. The molecule has 1 saturated heterocycles.